The monoisotopic (exact) mass is 670 g/mol. The molecule has 47 heavy (non-hydrogen) atoms. The van der Waals surface area contributed by atoms with E-state index in [1.165, 1.54) is 0 Å². The van der Waals surface area contributed by atoms with Crippen molar-refractivity contribution >= 4 is 0 Å². The van der Waals surface area contributed by atoms with Crippen molar-refractivity contribution in [2.75, 3.05) is 27.9 Å². The van der Waals surface area contributed by atoms with Gasteiger partial charge in [0.05, 0.1) is 39.6 Å². The van der Waals surface area contributed by atoms with Gasteiger partial charge in [-0.2, -0.15) is 15.2 Å². The molecule has 0 amide bonds. The van der Waals surface area contributed by atoms with Crippen LogP contribution in [0.15, 0.2) is 0 Å². The van der Waals surface area contributed by atoms with E-state index in [9.17, 15) is 0 Å². The maximum atomic E-state index is 6.99. The third kappa shape index (κ3) is 10.6. The fourth-order valence-electron chi connectivity index (χ4n) is 9.65. The van der Waals surface area contributed by atoms with Gasteiger partial charge in [-0.05, 0) is 160 Å². The van der Waals surface area contributed by atoms with Crippen LogP contribution in [0.3, 0.4) is 0 Å². The van der Waals surface area contributed by atoms with Crippen molar-refractivity contribution in [3.05, 3.63) is 0 Å². The van der Waals surface area contributed by atoms with E-state index in [2.05, 4.69) is 98.3 Å². The van der Waals surface area contributed by atoms with Crippen LogP contribution in [-0.4, -0.2) is 101 Å². The zero-order valence-electron chi connectivity index (χ0n) is 33.3. The van der Waals surface area contributed by atoms with Crippen LogP contribution in [0.4, 0.5) is 0 Å². The highest BCUT2D eigenvalue weighted by Gasteiger charge is 2.46. The normalized spacial score (nSPS) is 31.9. The Balaban J connectivity index is 1.68. The van der Waals surface area contributed by atoms with Crippen LogP contribution in [-0.2, 0) is 28.7 Å². The first-order valence-corrected chi connectivity index (χ1v) is 18.6. The van der Waals surface area contributed by atoms with Gasteiger partial charge in [0, 0.05) is 39.8 Å². The lowest BCUT2D eigenvalue weighted by Crippen LogP contribution is -2.54. The van der Waals surface area contributed by atoms with Crippen LogP contribution in [0.1, 0.15) is 160 Å². The molecular formula is C38H75N3O6. The van der Waals surface area contributed by atoms with Crippen LogP contribution < -0.4 is 0 Å². The zero-order valence-corrected chi connectivity index (χ0v) is 33.3. The van der Waals surface area contributed by atoms with Crippen molar-refractivity contribution in [3.63, 3.8) is 0 Å². The minimum atomic E-state index is -0.265. The molecule has 0 aromatic heterocycles. The Hall–Kier alpha value is -0.360. The summed E-state index contributed by atoms with van der Waals surface area (Å²) >= 11 is 0. The summed E-state index contributed by atoms with van der Waals surface area (Å²) in [6.07, 6.45) is 11.8. The van der Waals surface area contributed by atoms with Crippen molar-refractivity contribution in [3.8, 4) is 0 Å². The molecule has 3 atom stereocenters. The first-order valence-electron chi connectivity index (χ1n) is 18.6. The second-order valence-electron chi connectivity index (χ2n) is 18.5. The van der Waals surface area contributed by atoms with E-state index < -0.39 is 0 Å². The van der Waals surface area contributed by atoms with E-state index in [0.717, 1.165) is 83.7 Å². The van der Waals surface area contributed by atoms with Gasteiger partial charge in [-0.15, -0.1) is 0 Å². The van der Waals surface area contributed by atoms with Gasteiger partial charge in [0.2, 0.25) is 0 Å². The summed E-state index contributed by atoms with van der Waals surface area (Å²) in [6.45, 7) is 28.0. The van der Waals surface area contributed by atoms with Crippen LogP contribution in [0.5, 0.6) is 0 Å². The minimum Gasteiger partial charge on any atom is -0.378 e. The van der Waals surface area contributed by atoms with Gasteiger partial charge < -0.3 is 28.7 Å². The molecule has 0 aliphatic carbocycles. The predicted molar refractivity (Wildman–Crippen MR) is 190 cm³/mol. The average Bonchev–Trinajstić information content (AvgIpc) is 3.12. The fraction of sp³-hybridized carbons (Fsp3) is 1.00. The lowest BCUT2D eigenvalue weighted by molar-refractivity contribution is -0.255. The van der Waals surface area contributed by atoms with Crippen molar-refractivity contribution in [2.24, 2.45) is 0 Å². The van der Waals surface area contributed by atoms with Gasteiger partial charge in [0.15, 0.2) is 6.29 Å². The highest BCUT2D eigenvalue weighted by Crippen LogP contribution is 2.41. The van der Waals surface area contributed by atoms with E-state index in [1.54, 1.807) is 21.3 Å². The SMILES string of the molecule is CON1C(C)(C)CCC(OCCCCC(OC2CCC(C)(C)N(OC)C(C)(C)C2)OC2CCC(C)(C)N(OC)C(C)(C)C2)CC1(C)C. The first-order chi connectivity index (χ1) is 21.6. The molecule has 278 valence electrons. The molecule has 0 aromatic carbocycles. The van der Waals surface area contributed by atoms with Crippen LogP contribution in [0, 0.1) is 0 Å². The number of ether oxygens (including phenoxy) is 3. The molecule has 3 saturated heterocycles. The van der Waals surface area contributed by atoms with Crippen molar-refractivity contribution in [2.45, 2.75) is 218 Å². The second kappa shape index (κ2) is 15.9. The van der Waals surface area contributed by atoms with Crippen molar-refractivity contribution in [1.29, 1.82) is 0 Å². The summed E-state index contributed by atoms with van der Waals surface area (Å²) in [5, 5.41) is 6.52. The number of hydroxylamine groups is 6. The molecule has 0 aromatic rings. The number of hydrogen-bond acceptors (Lipinski definition) is 9. The number of hydrogen-bond donors (Lipinski definition) is 0. The maximum absolute atomic E-state index is 6.99. The van der Waals surface area contributed by atoms with E-state index in [1.807, 2.05) is 0 Å². The summed E-state index contributed by atoms with van der Waals surface area (Å²) in [7, 11) is 5.38. The zero-order chi connectivity index (χ0) is 35.5. The standard InChI is InChI=1S/C38H75N3O6/c1-33(2)22-19-29(26-36(7,8)39(33)42-13)45-25-17-16-18-32(46-30-20-23-34(3,4)40(43-14)37(9,10)27-30)47-31-21-24-35(5,6)41(44-15)38(11,12)28-31/h29-32H,16-28H2,1-15H3. The highest BCUT2D eigenvalue weighted by molar-refractivity contribution is 4.96. The minimum absolute atomic E-state index is 0.0254. The lowest BCUT2D eigenvalue weighted by Gasteiger charge is -2.45. The molecule has 3 unspecified atom stereocenters. The predicted octanol–water partition coefficient (Wildman–Crippen LogP) is 8.45. The molecule has 0 saturated carbocycles. The molecular weight excluding hydrogens is 594 g/mol. The van der Waals surface area contributed by atoms with Gasteiger partial charge >= 0.3 is 0 Å². The Morgan fingerprint density at radius 2 is 0.830 bits per heavy atom. The van der Waals surface area contributed by atoms with E-state index in [4.69, 9.17) is 28.7 Å². The first kappa shape index (κ1) is 41.1. The summed E-state index contributed by atoms with van der Waals surface area (Å²) in [5.41, 5.74) is -0.595. The Morgan fingerprint density at radius 3 is 1.19 bits per heavy atom. The van der Waals surface area contributed by atoms with Gasteiger partial charge in [-0.25, -0.2) is 0 Å². The number of nitrogens with zero attached hydrogens (tertiary/aromatic N) is 3. The molecule has 3 aliphatic rings. The molecule has 3 fully saturated rings. The van der Waals surface area contributed by atoms with Gasteiger partial charge in [0.25, 0.3) is 0 Å². The fourth-order valence-corrected chi connectivity index (χ4v) is 9.65. The highest BCUT2D eigenvalue weighted by atomic mass is 16.7. The van der Waals surface area contributed by atoms with E-state index >= 15 is 0 Å². The Labute approximate surface area is 289 Å². The van der Waals surface area contributed by atoms with Crippen LogP contribution in [0.25, 0.3) is 0 Å². The Bertz CT molecular complexity index is 919. The molecule has 0 bridgehead atoms. The molecule has 9 nitrogen and oxygen atoms in total. The maximum Gasteiger partial charge on any atom is 0.158 e. The summed E-state index contributed by atoms with van der Waals surface area (Å²) < 4.78 is 20.5. The summed E-state index contributed by atoms with van der Waals surface area (Å²) in [5.74, 6) is 0. The largest absolute Gasteiger partial charge is 0.378 e. The molecule has 9 heteroatoms. The van der Waals surface area contributed by atoms with Gasteiger partial charge in [0.1, 0.15) is 0 Å². The van der Waals surface area contributed by atoms with Crippen molar-refractivity contribution < 1.29 is 28.7 Å². The quantitative estimate of drug-likeness (QED) is 0.142. The van der Waals surface area contributed by atoms with E-state index in [0.29, 0.717) is 0 Å². The van der Waals surface area contributed by atoms with Gasteiger partial charge in [-0.3, -0.25) is 0 Å². The third-order valence-electron chi connectivity index (χ3n) is 11.1. The van der Waals surface area contributed by atoms with Crippen LogP contribution >= 0.6 is 0 Å². The Kier molecular flexibility index (Phi) is 13.9. The van der Waals surface area contributed by atoms with E-state index in [-0.39, 0.29) is 57.8 Å². The molecule has 0 spiro atoms. The smallest absolute Gasteiger partial charge is 0.158 e. The summed E-state index contributed by atoms with van der Waals surface area (Å²) in [4.78, 5) is 17.8. The number of rotatable bonds is 13. The topological polar surface area (TPSA) is 65.1 Å². The van der Waals surface area contributed by atoms with Crippen LogP contribution in [0.2, 0.25) is 0 Å². The molecule has 3 aliphatic heterocycles. The third-order valence-corrected chi connectivity index (χ3v) is 11.1. The second-order valence-corrected chi connectivity index (χ2v) is 18.5. The number of unbranched alkanes of at least 4 members (excludes halogenated alkanes) is 1. The molecule has 0 N–H and O–H groups in total. The molecule has 0 radical (unpaired) electrons. The molecule has 3 rings (SSSR count). The lowest BCUT2D eigenvalue weighted by atomic mass is 9.95. The summed E-state index contributed by atoms with van der Waals surface area (Å²) in [6, 6.07) is 0. The Morgan fingerprint density at radius 1 is 0.489 bits per heavy atom. The molecule has 3 heterocycles. The van der Waals surface area contributed by atoms with Gasteiger partial charge in [-0.1, -0.05) is 0 Å². The van der Waals surface area contributed by atoms with Crippen molar-refractivity contribution in [1.82, 2.24) is 15.2 Å². The average molecular weight is 670 g/mol.